The van der Waals surface area contributed by atoms with Crippen LogP contribution in [0.5, 0.6) is 0 Å². The fourth-order valence-corrected chi connectivity index (χ4v) is 5.17. The van der Waals surface area contributed by atoms with Crippen molar-refractivity contribution in [2.45, 2.75) is 58.8 Å². The van der Waals surface area contributed by atoms with Crippen LogP contribution in [0.2, 0.25) is 0 Å². The summed E-state index contributed by atoms with van der Waals surface area (Å²) in [6.07, 6.45) is 6.93. The standard InChI is InChI=1S/C23H27FN4OS/c1-15-19(16(2)28(27-15)18-11-9-17(24)10-12-18)14-22(29)25-13-5-8-23-26-20-6-3-4-7-21(20)30-23/h9-12H,3-8,13-14H2,1-2H3,(H,25,29). The van der Waals surface area contributed by atoms with Gasteiger partial charge in [-0.05, 0) is 70.2 Å². The normalized spacial score (nSPS) is 13.3. The summed E-state index contributed by atoms with van der Waals surface area (Å²) in [5.74, 6) is -0.281. The Morgan fingerprint density at radius 1 is 1.20 bits per heavy atom. The first kappa shape index (κ1) is 20.7. The van der Waals surface area contributed by atoms with Crippen molar-refractivity contribution in [2.24, 2.45) is 0 Å². The van der Waals surface area contributed by atoms with Crippen LogP contribution in [0, 0.1) is 19.7 Å². The third-order valence-corrected chi connectivity index (χ3v) is 6.85. The highest BCUT2D eigenvalue weighted by molar-refractivity contribution is 7.11. The van der Waals surface area contributed by atoms with E-state index in [1.165, 1.54) is 47.0 Å². The number of thiazole rings is 1. The summed E-state index contributed by atoms with van der Waals surface area (Å²) in [6, 6.07) is 6.21. The van der Waals surface area contributed by atoms with Crippen LogP contribution in [0.4, 0.5) is 4.39 Å². The summed E-state index contributed by atoms with van der Waals surface area (Å²) >= 11 is 1.84. The Kier molecular flexibility index (Phi) is 6.27. The molecule has 0 saturated carbocycles. The van der Waals surface area contributed by atoms with Crippen LogP contribution in [0.15, 0.2) is 24.3 Å². The predicted molar refractivity (Wildman–Crippen MR) is 117 cm³/mol. The van der Waals surface area contributed by atoms with Gasteiger partial charge in [-0.3, -0.25) is 4.79 Å². The van der Waals surface area contributed by atoms with Crippen molar-refractivity contribution in [1.29, 1.82) is 0 Å². The van der Waals surface area contributed by atoms with E-state index in [1.54, 1.807) is 16.8 Å². The molecule has 0 spiro atoms. The van der Waals surface area contributed by atoms with E-state index in [2.05, 4.69) is 10.4 Å². The molecule has 0 fully saturated rings. The largest absolute Gasteiger partial charge is 0.356 e. The molecule has 2 aromatic heterocycles. The fourth-order valence-electron chi connectivity index (χ4n) is 3.97. The number of fused-ring (bicyclic) bond motifs is 1. The summed E-state index contributed by atoms with van der Waals surface area (Å²) in [4.78, 5) is 18.7. The number of nitrogens with zero attached hydrogens (tertiary/aromatic N) is 3. The van der Waals surface area contributed by atoms with Crippen molar-refractivity contribution in [3.8, 4) is 5.69 Å². The minimum atomic E-state index is -0.280. The monoisotopic (exact) mass is 426 g/mol. The molecule has 1 aromatic carbocycles. The Bertz CT molecular complexity index is 1010. The zero-order valence-electron chi connectivity index (χ0n) is 17.5. The highest BCUT2D eigenvalue weighted by atomic mass is 32.1. The van der Waals surface area contributed by atoms with Crippen LogP contribution in [-0.4, -0.2) is 27.2 Å². The third-order valence-electron chi connectivity index (χ3n) is 5.63. The Hall–Kier alpha value is -2.54. The number of amides is 1. The number of hydrogen-bond acceptors (Lipinski definition) is 4. The lowest BCUT2D eigenvalue weighted by atomic mass is 10.0. The first-order valence-corrected chi connectivity index (χ1v) is 11.4. The average molecular weight is 427 g/mol. The second kappa shape index (κ2) is 9.08. The molecule has 1 aliphatic carbocycles. The zero-order chi connectivity index (χ0) is 21.1. The predicted octanol–water partition coefficient (Wildman–Crippen LogP) is 4.26. The van der Waals surface area contributed by atoms with Crippen molar-refractivity contribution >= 4 is 17.2 Å². The van der Waals surface area contributed by atoms with E-state index < -0.39 is 0 Å². The molecule has 0 radical (unpaired) electrons. The number of carbonyl (C=O) groups excluding carboxylic acids is 1. The second-order valence-corrected chi connectivity index (χ2v) is 9.02. The molecular formula is C23H27FN4OS. The van der Waals surface area contributed by atoms with Gasteiger partial charge in [0.25, 0.3) is 0 Å². The molecule has 7 heteroatoms. The quantitative estimate of drug-likeness (QED) is 0.575. The van der Waals surface area contributed by atoms with Gasteiger partial charge in [0.05, 0.1) is 28.5 Å². The van der Waals surface area contributed by atoms with Crippen molar-refractivity contribution < 1.29 is 9.18 Å². The molecule has 1 aliphatic rings. The molecule has 158 valence electrons. The lowest BCUT2D eigenvalue weighted by Gasteiger charge is -2.07. The number of halogens is 1. The van der Waals surface area contributed by atoms with Gasteiger partial charge in [0.2, 0.25) is 5.91 Å². The van der Waals surface area contributed by atoms with Gasteiger partial charge < -0.3 is 5.32 Å². The number of benzene rings is 1. The van der Waals surface area contributed by atoms with Crippen molar-refractivity contribution in [2.75, 3.05) is 6.54 Å². The van der Waals surface area contributed by atoms with Gasteiger partial charge in [0, 0.05) is 29.1 Å². The maximum absolute atomic E-state index is 13.2. The van der Waals surface area contributed by atoms with Crippen LogP contribution in [0.1, 0.15) is 51.8 Å². The lowest BCUT2D eigenvalue weighted by molar-refractivity contribution is -0.120. The van der Waals surface area contributed by atoms with E-state index >= 15 is 0 Å². The first-order valence-electron chi connectivity index (χ1n) is 10.6. The Morgan fingerprint density at radius 3 is 2.73 bits per heavy atom. The van der Waals surface area contributed by atoms with Crippen LogP contribution < -0.4 is 5.32 Å². The molecule has 0 saturated heterocycles. The summed E-state index contributed by atoms with van der Waals surface area (Å²) in [5, 5.41) is 8.76. The Morgan fingerprint density at radius 2 is 1.97 bits per heavy atom. The van der Waals surface area contributed by atoms with E-state index in [0.29, 0.717) is 13.0 Å². The van der Waals surface area contributed by atoms with Gasteiger partial charge in [0.15, 0.2) is 0 Å². The van der Waals surface area contributed by atoms with Crippen molar-refractivity contribution in [3.05, 3.63) is 62.6 Å². The maximum Gasteiger partial charge on any atom is 0.224 e. The van der Waals surface area contributed by atoms with Crippen LogP contribution >= 0.6 is 11.3 Å². The number of aromatic nitrogens is 3. The molecule has 0 atom stereocenters. The molecule has 30 heavy (non-hydrogen) atoms. The van der Waals surface area contributed by atoms with E-state index in [1.807, 2.05) is 25.2 Å². The number of nitrogens with one attached hydrogen (secondary N) is 1. The molecule has 0 unspecified atom stereocenters. The van der Waals surface area contributed by atoms with E-state index in [9.17, 15) is 9.18 Å². The molecule has 1 amide bonds. The summed E-state index contributed by atoms with van der Waals surface area (Å²) < 4.78 is 15.0. The van der Waals surface area contributed by atoms with Gasteiger partial charge >= 0.3 is 0 Å². The van der Waals surface area contributed by atoms with E-state index in [4.69, 9.17) is 4.98 Å². The number of rotatable bonds is 7. The first-order chi connectivity index (χ1) is 14.5. The van der Waals surface area contributed by atoms with Gasteiger partial charge in [-0.15, -0.1) is 11.3 Å². The summed E-state index contributed by atoms with van der Waals surface area (Å²) in [5.41, 5.74) is 4.73. The zero-order valence-corrected chi connectivity index (χ0v) is 18.3. The molecule has 0 aliphatic heterocycles. The molecule has 3 aromatic rings. The molecule has 0 bridgehead atoms. The second-order valence-electron chi connectivity index (χ2n) is 7.85. The number of carbonyl (C=O) groups is 1. The lowest BCUT2D eigenvalue weighted by Crippen LogP contribution is -2.26. The molecule has 5 nitrogen and oxygen atoms in total. The summed E-state index contributed by atoms with van der Waals surface area (Å²) in [7, 11) is 0. The molecule has 4 rings (SSSR count). The minimum Gasteiger partial charge on any atom is -0.356 e. The van der Waals surface area contributed by atoms with Gasteiger partial charge in [-0.25, -0.2) is 14.1 Å². The number of hydrogen-bond donors (Lipinski definition) is 1. The minimum absolute atomic E-state index is 0.00158. The Labute approximate surface area is 180 Å². The van der Waals surface area contributed by atoms with Gasteiger partial charge in [0.1, 0.15) is 5.82 Å². The third kappa shape index (κ3) is 4.61. The van der Waals surface area contributed by atoms with Crippen molar-refractivity contribution in [1.82, 2.24) is 20.1 Å². The van der Waals surface area contributed by atoms with Gasteiger partial charge in [-0.1, -0.05) is 0 Å². The van der Waals surface area contributed by atoms with E-state index in [0.717, 1.165) is 41.9 Å². The SMILES string of the molecule is Cc1nn(-c2ccc(F)cc2)c(C)c1CC(=O)NCCCc1nc2c(s1)CCCC2. The smallest absolute Gasteiger partial charge is 0.224 e. The fraction of sp³-hybridized carbons (Fsp3) is 0.435. The number of aryl methyl sites for hydroxylation is 4. The molecule has 1 N–H and O–H groups in total. The molecule has 2 heterocycles. The highest BCUT2D eigenvalue weighted by Gasteiger charge is 2.17. The van der Waals surface area contributed by atoms with Crippen LogP contribution in [0.3, 0.4) is 0 Å². The van der Waals surface area contributed by atoms with Crippen LogP contribution in [0.25, 0.3) is 5.69 Å². The average Bonchev–Trinajstić information content (AvgIpc) is 3.27. The molecular weight excluding hydrogens is 399 g/mol. The van der Waals surface area contributed by atoms with Crippen molar-refractivity contribution in [3.63, 3.8) is 0 Å². The maximum atomic E-state index is 13.2. The highest BCUT2D eigenvalue weighted by Crippen LogP contribution is 2.27. The van der Waals surface area contributed by atoms with E-state index in [-0.39, 0.29) is 11.7 Å². The Balaban J connectivity index is 1.30. The summed E-state index contributed by atoms with van der Waals surface area (Å²) in [6.45, 7) is 4.49. The van der Waals surface area contributed by atoms with Gasteiger partial charge in [-0.2, -0.15) is 5.10 Å². The van der Waals surface area contributed by atoms with Crippen LogP contribution in [-0.2, 0) is 30.5 Å². The topological polar surface area (TPSA) is 59.8 Å².